The third-order valence-electron chi connectivity index (χ3n) is 13.6. The zero-order chi connectivity index (χ0) is 40.2. The summed E-state index contributed by atoms with van der Waals surface area (Å²) in [5.41, 5.74) is 12.6. The van der Waals surface area contributed by atoms with E-state index in [-0.39, 0.29) is 0 Å². The predicted molar refractivity (Wildman–Crippen MR) is 270 cm³/mol. The van der Waals surface area contributed by atoms with Gasteiger partial charge < -0.3 is 8.80 Å². The molecule has 0 spiro atoms. The van der Waals surface area contributed by atoms with Crippen molar-refractivity contribution >= 4 is 139 Å². The van der Waals surface area contributed by atoms with E-state index in [0.29, 0.717) is 0 Å². The van der Waals surface area contributed by atoms with E-state index in [0.717, 1.165) is 0 Å². The van der Waals surface area contributed by atoms with E-state index in [2.05, 4.69) is 203 Å². The van der Waals surface area contributed by atoms with Gasteiger partial charge in [0, 0.05) is 21.5 Å². The van der Waals surface area contributed by atoms with Gasteiger partial charge in [-0.1, -0.05) is 133 Å². The number of rotatable bonds is 2. The molecule has 0 saturated heterocycles. The zero-order valence-corrected chi connectivity index (χ0v) is 34.8. The molecule has 0 fully saturated rings. The van der Waals surface area contributed by atoms with E-state index in [1.807, 2.05) is 22.7 Å². The van der Waals surface area contributed by atoms with Gasteiger partial charge >= 0.3 is 0 Å². The molecule has 0 aliphatic carbocycles. The van der Waals surface area contributed by atoms with Crippen molar-refractivity contribution < 1.29 is 0 Å². The van der Waals surface area contributed by atoms with Gasteiger partial charge in [-0.15, -0.1) is 22.7 Å². The Hall–Kier alpha value is -7.50. The molecule has 4 heteroatoms. The van der Waals surface area contributed by atoms with Crippen molar-refractivity contribution in [2.45, 2.75) is 0 Å². The first-order valence-electron chi connectivity index (χ1n) is 21.3. The highest BCUT2D eigenvalue weighted by molar-refractivity contribution is 7.27. The Bertz CT molecular complexity index is 4170. The van der Waals surface area contributed by atoms with Crippen molar-refractivity contribution in [2.24, 2.45) is 0 Å². The lowest BCUT2D eigenvalue weighted by atomic mass is 9.92. The number of aromatic nitrogens is 2. The Morgan fingerprint density at radius 1 is 0.290 bits per heavy atom. The van der Waals surface area contributed by atoms with Crippen molar-refractivity contribution in [2.75, 3.05) is 0 Å². The van der Waals surface area contributed by atoms with Gasteiger partial charge in [-0.3, -0.25) is 0 Å². The first-order chi connectivity index (χ1) is 30.8. The summed E-state index contributed by atoms with van der Waals surface area (Å²) in [7, 11) is 0. The van der Waals surface area contributed by atoms with Crippen LogP contribution in [-0.2, 0) is 0 Å². The molecular weight excluding hydrogens is 789 g/mol. The third kappa shape index (κ3) is 4.27. The maximum absolute atomic E-state index is 2.58. The standard InChI is InChI=1S/C58H32N2S2/c1-3-15-37-33(13-1)29-43(41-19-7-5-17-39(37)41)35-25-27-47-45(31-35)53-55-58(62-51-23-11-9-21-49(51)59(47)55)54-46-32-36(44-30-34-14-2-4-16-38(34)40-18-6-8-20-42(40)44)26-28-48(46)60-50-22-10-12-24-52(50)61-57(53)56(54)60/h1-32H. The molecule has 0 saturated carbocycles. The summed E-state index contributed by atoms with van der Waals surface area (Å²) >= 11 is 3.88. The second-order valence-corrected chi connectivity index (χ2v) is 18.9. The molecule has 0 amide bonds. The minimum Gasteiger partial charge on any atom is -0.306 e. The fourth-order valence-corrected chi connectivity index (χ4v) is 13.5. The molecule has 0 atom stereocenters. The molecule has 0 aliphatic rings. The normalized spacial score (nSPS) is 12.5. The summed E-state index contributed by atoms with van der Waals surface area (Å²) in [6.07, 6.45) is 0. The summed E-state index contributed by atoms with van der Waals surface area (Å²) < 4.78 is 10.4. The van der Waals surface area contributed by atoms with E-state index in [1.165, 1.54) is 139 Å². The summed E-state index contributed by atoms with van der Waals surface area (Å²) in [5, 5.41) is 15.5. The van der Waals surface area contributed by atoms with E-state index >= 15 is 0 Å². The highest BCUT2D eigenvalue weighted by Crippen LogP contribution is 2.52. The van der Waals surface area contributed by atoms with Crippen molar-refractivity contribution in [3.05, 3.63) is 194 Å². The van der Waals surface area contributed by atoms with Gasteiger partial charge in [-0.25, -0.2) is 0 Å². The maximum Gasteiger partial charge on any atom is 0.0736 e. The Morgan fingerprint density at radius 3 is 1.15 bits per heavy atom. The van der Waals surface area contributed by atoms with Gasteiger partial charge in [0.1, 0.15) is 0 Å². The minimum absolute atomic E-state index is 1.24. The Kier molecular flexibility index (Phi) is 6.48. The smallest absolute Gasteiger partial charge is 0.0736 e. The summed E-state index contributed by atoms with van der Waals surface area (Å²) in [5.74, 6) is 0. The molecule has 11 aromatic carbocycles. The number of nitrogens with zero attached hydrogens (tertiary/aromatic N) is 2. The van der Waals surface area contributed by atoms with Crippen LogP contribution in [0.15, 0.2) is 194 Å². The Labute approximate surface area is 362 Å². The molecule has 15 aromatic rings. The summed E-state index contributed by atoms with van der Waals surface area (Å²) in [6.45, 7) is 0. The number of para-hydroxylation sites is 2. The van der Waals surface area contributed by atoms with E-state index in [4.69, 9.17) is 0 Å². The Balaban J connectivity index is 1.13. The van der Waals surface area contributed by atoms with Crippen LogP contribution in [0, 0.1) is 0 Å². The molecule has 0 unspecified atom stereocenters. The molecule has 0 N–H and O–H groups in total. The van der Waals surface area contributed by atoms with Crippen molar-refractivity contribution in [3.63, 3.8) is 0 Å². The van der Waals surface area contributed by atoms with Gasteiger partial charge in [-0.2, -0.15) is 0 Å². The molecule has 15 rings (SSSR count). The van der Waals surface area contributed by atoms with Crippen LogP contribution < -0.4 is 0 Å². The van der Waals surface area contributed by atoms with Gasteiger partial charge in [0.05, 0.1) is 51.9 Å². The zero-order valence-electron chi connectivity index (χ0n) is 33.2. The monoisotopic (exact) mass is 820 g/mol. The fraction of sp³-hybridized carbons (Fsp3) is 0. The number of benzene rings is 11. The molecule has 2 nitrogen and oxygen atoms in total. The SMILES string of the molecule is c1ccc2c(c1)cc(-c1ccc3c(c1)c1c4sc5ccccc5n5c6ccc(-c7cc8ccccc8c8ccccc78)cc6c(c6sc7ccccc7n3c61)c45)c1ccccc12. The molecule has 0 radical (unpaired) electrons. The van der Waals surface area contributed by atoms with E-state index in [9.17, 15) is 0 Å². The van der Waals surface area contributed by atoms with Crippen molar-refractivity contribution in [3.8, 4) is 22.3 Å². The van der Waals surface area contributed by atoms with E-state index in [1.54, 1.807) is 0 Å². The van der Waals surface area contributed by atoms with Gasteiger partial charge in [0.2, 0.25) is 0 Å². The van der Waals surface area contributed by atoms with Gasteiger partial charge in [0.15, 0.2) is 0 Å². The first-order valence-corrected chi connectivity index (χ1v) is 22.9. The van der Waals surface area contributed by atoms with Gasteiger partial charge in [-0.05, 0) is 126 Å². The van der Waals surface area contributed by atoms with E-state index < -0.39 is 0 Å². The van der Waals surface area contributed by atoms with Crippen LogP contribution in [0.2, 0.25) is 0 Å². The second kappa shape index (κ2) is 12.1. The van der Waals surface area contributed by atoms with Crippen LogP contribution in [-0.4, -0.2) is 8.80 Å². The lowest BCUT2D eigenvalue weighted by molar-refractivity contribution is 1.35. The fourth-order valence-electron chi connectivity index (χ4n) is 11.0. The van der Waals surface area contributed by atoms with Crippen LogP contribution in [0.25, 0.3) is 139 Å². The molecule has 0 bridgehead atoms. The third-order valence-corrected chi connectivity index (χ3v) is 15.9. The lowest BCUT2D eigenvalue weighted by Gasteiger charge is -2.12. The number of hydrogen-bond acceptors (Lipinski definition) is 2. The Morgan fingerprint density at radius 2 is 0.677 bits per heavy atom. The minimum atomic E-state index is 1.24. The molecule has 4 heterocycles. The van der Waals surface area contributed by atoms with Crippen molar-refractivity contribution in [1.82, 2.24) is 8.80 Å². The molecule has 4 aromatic heterocycles. The molecule has 0 aliphatic heterocycles. The second-order valence-electron chi connectivity index (χ2n) is 16.8. The van der Waals surface area contributed by atoms with Crippen LogP contribution in [0.1, 0.15) is 0 Å². The highest BCUT2D eigenvalue weighted by Gasteiger charge is 2.26. The maximum atomic E-state index is 2.58. The average molecular weight is 821 g/mol. The molecule has 286 valence electrons. The first kappa shape index (κ1) is 33.2. The topological polar surface area (TPSA) is 8.82 Å². The van der Waals surface area contributed by atoms with Gasteiger partial charge in [0.25, 0.3) is 0 Å². The predicted octanol–water partition coefficient (Wildman–Crippen LogP) is 17.2. The summed E-state index contributed by atoms with van der Waals surface area (Å²) in [4.78, 5) is 0. The molecule has 62 heavy (non-hydrogen) atoms. The van der Waals surface area contributed by atoms with Crippen LogP contribution in [0.5, 0.6) is 0 Å². The number of fused-ring (bicyclic) bond motifs is 18. The van der Waals surface area contributed by atoms with Crippen LogP contribution in [0.3, 0.4) is 0 Å². The van der Waals surface area contributed by atoms with Crippen LogP contribution >= 0.6 is 22.7 Å². The van der Waals surface area contributed by atoms with Crippen LogP contribution in [0.4, 0.5) is 0 Å². The average Bonchev–Trinajstić information content (AvgIpc) is 3.87. The number of hydrogen-bond donors (Lipinski definition) is 0. The highest BCUT2D eigenvalue weighted by atomic mass is 32.1. The lowest BCUT2D eigenvalue weighted by Crippen LogP contribution is -1.91. The quantitative estimate of drug-likeness (QED) is 0.121. The molecular formula is C58H32N2S2. The largest absolute Gasteiger partial charge is 0.306 e. The summed E-state index contributed by atoms with van der Waals surface area (Å²) in [6, 6.07) is 72.7. The van der Waals surface area contributed by atoms with Crippen molar-refractivity contribution in [1.29, 1.82) is 0 Å².